The Balaban J connectivity index is 1.94. The van der Waals surface area contributed by atoms with Crippen molar-refractivity contribution < 1.29 is 4.79 Å². The van der Waals surface area contributed by atoms with E-state index in [0.29, 0.717) is 5.82 Å². The Morgan fingerprint density at radius 2 is 2.38 bits per heavy atom. The van der Waals surface area contributed by atoms with Gasteiger partial charge in [0.15, 0.2) is 5.82 Å². The topological polar surface area (TPSA) is 59.3 Å². The number of carbonyl (C=O) groups is 1. The van der Waals surface area contributed by atoms with Gasteiger partial charge in [-0.3, -0.25) is 4.79 Å². The first kappa shape index (κ1) is 9.33. The number of hydrogen-bond donors (Lipinski definition) is 1. The van der Waals surface area contributed by atoms with Gasteiger partial charge in [-0.15, -0.1) is 0 Å². The highest BCUT2D eigenvalue weighted by Crippen LogP contribution is 2.29. The average molecular weight is 216 g/mol. The highest BCUT2D eigenvalue weighted by Gasteiger charge is 2.29. The van der Waals surface area contributed by atoms with Crippen LogP contribution in [0.25, 0.3) is 5.52 Å². The molecule has 0 atom stereocenters. The number of aromatic nitrogens is 3. The number of carbonyl (C=O) groups excluding carboxylic acids is 1. The van der Waals surface area contributed by atoms with Gasteiger partial charge in [0.1, 0.15) is 0 Å². The SMILES string of the molecule is Cc1nc(NC(=O)C2CC2)cn2nccc12. The highest BCUT2D eigenvalue weighted by atomic mass is 16.2. The maximum Gasteiger partial charge on any atom is 0.228 e. The largest absolute Gasteiger partial charge is 0.309 e. The minimum atomic E-state index is 0.0680. The molecule has 1 aliphatic carbocycles. The van der Waals surface area contributed by atoms with Gasteiger partial charge in [0, 0.05) is 5.92 Å². The van der Waals surface area contributed by atoms with Gasteiger partial charge < -0.3 is 5.32 Å². The Bertz CT molecular complexity index is 556. The van der Waals surface area contributed by atoms with Crippen molar-refractivity contribution in [2.75, 3.05) is 5.32 Å². The molecule has 2 aromatic heterocycles. The standard InChI is InChI=1S/C11H12N4O/c1-7-9-4-5-12-15(9)6-10(13-7)14-11(16)8-2-3-8/h4-6,8H,2-3H2,1H3,(H,14,16). The van der Waals surface area contributed by atoms with Crippen LogP contribution in [-0.2, 0) is 4.79 Å². The van der Waals surface area contributed by atoms with Crippen molar-refractivity contribution in [3.63, 3.8) is 0 Å². The van der Waals surface area contributed by atoms with Gasteiger partial charge in [-0.05, 0) is 25.8 Å². The molecule has 1 saturated carbocycles. The number of nitrogens with zero attached hydrogens (tertiary/aromatic N) is 3. The molecule has 5 nitrogen and oxygen atoms in total. The number of fused-ring (bicyclic) bond motifs is 1. The summed E-state index contributed by atoms with van der Waals surface area (Å²) >= 11 is 0. The zero-order valence-electron chi connectivity index (χ0n) is 8.97. The van der Waals surface area contributed by atoms with Gasteiger partial charge in [-0.25, -0.2) is 9.50 Å². The molecule has 5 heteroatoms. The van der Waals surface area contributed by atoms with Crippen LogP contribution in [0, 0.1) is 12.8 Å². The lowest BCUT2D eigenvalue weighted by molar-refractivity contribution is -0.117. The molecule has 1 N–H and O–H groups in total. The van der Waals surface area contributed by atoms with E-state index in [1.807, 2.05) is 13.0 Å². The maximum atomic E-state index is 11.6. The van der Waals surface area contributed by atoms with E-state index in [1.165, 1.54) is 0 Å². The molecule has 1 amide bonds. The van der Waals surface area contributed by atoms with E-state index >= 15 is 0 Å². The van der Waals surface area contributed by atoms with Crippen molar-refractivity contribution in [3.05, 3.63) is 24.2 Å². The Hall–Kier alpha value is -1.91. The predicted octanol–water partition coefficient (Wildman–Crippen LogP) is 1.39. The second-order valence-electron chi connectivity index (χ2n) is 4.14. The Morgan fingerprint density at radius 1 is 1.56 bits per heavy atom. The average Bonchev–Trinajstić information content (AvgIpc) is 2.98. The molecule has 3 rings (SSSR count). The minimum Gasteiger partial charge on any atom is -0.309 e. The lowest BCUT2D eigenvalue weighted by Gasteiger charge is -2.05. The van der Waals surface area contributed by atoms with Crippen molar-refractivity contribution in [1.29, 1.82) is 0 Å². The fraction of sp³-hybridized carbons (Fsp3) is 0.364. The third kappa shape index (κ3) is 1.54. The van der Waals surface area contributed by atoms with Crippen LogP contribution in [0.4, 0.5) is 5.82 Å². The molecule has 0 radical (unpaired) electrons. The number of nitrogens with one attached hydrogen (secondary N) is 1. The van der Waals surface area contributed by atoms with Crippen LogP contribution < -0.4 is 5.32 Å². The minimum absolute atomic E-state index is 0.0680. The molecular formula is C11H12N4O. The second-order valence-corrected chi connectivity index (χ2v) is 4.14. The molecule has 1 aliphatic rings. The van der Waals surface area contributed by atoms with Gasteiger partial charge >= 0.3 is 0 Å². The summed E-state index contributed by atoms with van der Waals surface area (Å²) in [4.78, 5) is 15.9. The lowest BCUT2D eigenvalue weighted by Crippen LogP contribution is -2.15. The van der Waals surface area contributed by atoms with E-state index in [-0.39, 0.29) is 11.8 Å². The molecule has 0 aliphatic heterocycles. The normalized spacial score (nSPS) is 15.3. The molecule has 2 heterocycles. The van der Waals surface area contributed by atoms with E-state index in [4.69, 9.17) is 0 Å². The smallest absolute Gasteiger partial charge is 0.228 e. The van der Waals surface area contributed by atoms with Crippen LogP contribution in [0.15, 0.2) is 18.5 Å². The molecule has 0 spiro atoms. The number of anilines is 1. The van der Waals surface area contributed by atoms with E-state index in [0.717, 1.165) is 24.1 Å². The number of hydrogen-bond acceptors (Lipinski definition) is 3. The molecule has 16 heavy (non-hydrogen) atoms. The van der Waals surface area contributed by atoms with Crippen molar-refractivity contribution in [2.24, 2.45) is 5.92 Å². The van der Waals surface area contributed by atoms with Gasteiger partial charge in [0.05, 0.1) is 23.6 Å². The molecule has 0 bridgehead atoms. The van der Waals surface area contributed by atoms with E-state index in [1.54, 1.807) is 16.9 Å². The molecule has 1 fully saturated rings. The Kier molecular flexibility index (Phi) is 1.92. The highest BCUT2D eigenvalue weighted by molar-refractivity contribution is 5.93. The summed E-state index contributed by atoms with van der Waals surface area (Å²) in [5.74, 6) is 0.833. The summed E-state index contributed by atoms with van der Waals surface area (Å²) in [5.41, 5.74) is 1.83. The molecule has 0 unspecified atom stereocenters. The van der Waals surface area contributed by atoms with Crippen LogP contribution in [-0.4, -0.2) is 20.5 Å². The van der Waals surface area contributed by atoms with Crippen LogP contribution in [0.1, 0.15) is 18.5 Å². The van der Waals surface area contributed by atoms with E-state index in [9.17, 15) is 4.79 Å². The molecule has 82 valence electrons. The number of amides is 1. The van der Waals surface area contributed by atoms with Gasteiger partial charge in [0.2, 0.25) is 5.91 Å². The first-order valence-corrected chi connectivity index (χ1v) is 5.36. The summed E-state index contributed by atoms with van der Waals surface area (Å²) in [5, 5.41) is 6.95. The van der Waals surface area contributed by atoms with Crippen LogP contribution in [0.5, 0.6) is 0 Å². The summed E-state index contributed by atoms with van der Waals surface area (Å²) in [6.07, 6.45) is 5.45. The fourth-order valence-corrected chi connectivity index (χ4v) is 1.72. The zero-order valence-corrected chi connectivity index (χ0v) is 8.97. The maximum absolute atomic E-state index is 11.6. The first-order valence-electron chi connectivity index (χ1n) is 5.36. The van der Waals surface area contributed by atoms with Crippen molar-refractivity contribution >= 4 is 17.2 Å². The van der Waals surface area contributed by atoms with Crippen molar-refractivity contribution in [1.82, 2.24) is 14.6 Å². The summed E-state index contributed by atoms with van der Waals surface area (Å²) < 4.78 is 1.73. The Morgan fingerprint density at radius 3 is 3.12 bits per heavy atom. The van der Waals surface area contributed by atoms with E-state index in [2.05, 4.69) is 15.4 Å². The van der Waals surface area contributed by atoms with Crippen LogP contribution in [0.3, 0.4) is 0 Å². The molecular weight excluding hydrogens is 204 g/mol. The fourth-order valence-electron chi connectivity index (χ4n) is 1.72. The summed E-state index contributed by atoms with van der Waals surface area (Å²) in [7, 11) is 0. The monoisotopic (exact) mass is 216 g/mol. The first-order chi connectivity index (χ1) is 7.74. The third-order valence-corrected chi connectivity index (χ3v) is 2.77. The van der Waals surface area contributed by atoms with E-state index < -0.39 is 0 Å². The third-order valence-electron chi connectivity index (χ3n) is 2.77. The van der Waals surface area contributed by atoms with Gasteiger partial charge in [-0.1, -0.05) is 0 Å². The number of aryl methyl sites for hydroxylation is 1. The molecule has 2 aromatic rings. The van der Waals surface area contributed by atoms with Crippen LogP contribution in [0.2, 0.25) is 0 Å². The molecule has 0 aromatic carbocycles. The molecule has 0 saturated heterocycles. The summed E-state index contributed by atoms with van der Waals surface area (Å²) in [6, 6.07) is 1.90. The lowest BCUT2D eigenvalue weighted by atomic mass is 10.3. The second kappa shape index (κ2) is 3.30. The van der Waals surface area contributed by atoms with Crippen molar-refractivity contribution in [2.45, 2.75) is 19.8 Å². The summed E-state index contributed by atoms with van der Waals surface area (Å²) in [6.45, 7) is 1.91. The number of rotatable bonds is 2. The van der Waals surface area contributed by atoms with Gasteiger partial charge in [0.25, 0.3) is 0 Å². The van der Waals surface area contributed by atoms with Crippen molar-refractivity contribution in [3.8, 4) is 0 Å². The van der Waals surface area contributed by atoms with Gasteiger partial charge in [-0.2, -0.15) is 5.10 Å². The zero-order chi connectivity index (χ0) is 11.1. The quantitative estimate of drug-likeness (QED) is 0.825. The van der Waals surface area contributed by atoms with Crippen LogP contribution >= 0.6 is 0 Å². The Labute approximate surface area is 92.5 Å². The predicted molar refractivity (Wildman–Crippen MR) is 59.1 cm³/mol.